The van der Waals surface area contributed by atoms with Gasteiger partial charge in [0.15, 0.2) is 0 Å². The number of hydrogen-bond donors (Lipinski definition) is 1. The number of nitrogens with one attached hydrogen (secondary N) is 1. The highest BCUT2D eigenvalue weighted by Gasteiger charge is 2.25. The summed E-state index contributed by atoms with van der Waals surface area (Å²) in [5.74, 6) is 0.635. The topological polar surface area (TPSA) is 90.9 Å². The van der Waals surface area contributed by atoms with E-state index in [1.54, 1.807) is 69.3 Å². The number of alkyl carbamates (subject to hydrolysis) is 1. The predicted octanol–water partition coefficient (Wildman–Crippen LogP) is 3.90. The minimum absolute atomic E-state index is 0.236. The Morgan fingerprint density at radius 3 is 2.03 bits per heavy atom. The summed E-state index contributed by atoms with van der Waals surface area (Å²) in [6.07, 6.45) is 0.314. The quantitative estimate of drug-likeness (QED) is 0.561. The first kappa shape index (κ1) is 21.9. The third-order valence-corrected chi connectivity index (χ3v) is 3.79. The lowest BCUT2D eigenvalue weighted by Gasteiger charge is -2.22. The smallest absolute Gasteiger partial charge is 0.408 e. The van der Waals surface area contributed by atoms with E-state index in [4.69, 9.17) is 14.2 Å². The van der Waals surface area contributed by atoms with Crippen LogP contribution in [0.4, 0.5) is 4.79 Å². The van der Waals surface area contributed by atoms with Gasteiger partial charge in [0.25, 0.3) is 0 Å². The fourth-order valence-electron chi connectivity index (χ4n) is 2.47. The molecule has 0 bridgehead atoms. The minimum Gasteiger partial charge on any atom is -0.467 e. The normalized spacial score (nSPS) is 11.9. The van der Waals surface area contributed by atoms with Crippen molar-refractivity contribution in [1.82, 2.24) is 5.32 Å². The highest BCUT2D eigenvalue weighted by atomic mass is 16.6. The van der Waals surface area contributed by atoms with Gasteiger partial charge in [-0.05, 0) is 62.7 Å². The second-order valence-corrected chi connectivity index (χ2v) is 7.36. The average Bonchev–Trinajstić information content (AvgIpc) is 2.67. The standard InChI is InChI=1S/C22H25NO6/c1-22(2,3)29-21(26)23-19(20(25)27-4)13-15-5-9-17(10-6-15)28-18-11-7-16(14-24)8-12-18/h5-12,14,19H,13H2,1-4H3,(H,23,26). The zero-order valence-corrected chi connectivity index (χ0v) is 16.9. The lowest BCUT2D eigenvalue weighted by atomic mass is 10.1. The van der Waals surface area contributed by atoms with Gasteiger partial charge in [-0.25, -0.2) is 9.59 Å². The first-order valence-electron chi connectivity index (χ1n) is 9.09. The van der Waals surface area contributed by atoms with E-state index in [0.717, 1.165) is 11.8 Å². The third kappa shape index (κ3) is 7.29. The molecule has 0 spiro atoms. The molecule has 7 heteroatoms. The lowest BCUT2D eigenvalue weighted by Crippen LogP contribution is -2.45. The van der Waals surface area contributed by atoms with Gasteiger partial charge in [-0.2, -0.15) is 0 Å². The molecule has 29 heavy (non-hydrogen) atoms. The maximum Gasteiger partial charge on any atom is 0.408 e. The molecule has 7 nitrogen and oxygen atoms in total. The monoisotopic (exact) mass is 399 g/mol. The molecule has 1 atom stereocenters. The summed E-state index contributed by atoms with van der Waals surface area (Å²) in [5.41, 5.74) is 0.701. The number of carbonyl (C=O) groups excluding carboxylic acids is 3. The number of ether oxygens (including phenoxy) is 3. The van der Waals surface area contributed by atoms with Crippen LogP contribution in [0.1, 0.15) is 36.7 Å². The van der Waals surface area contributed by atoms with Gasteiger partial charge in [0.2, 0.25) is 0 Å². The van der Waals surface area contributed by atoms with Crippen LogP contribution in [0.3, 0.4) is 0 Å². The van der Waals surface area contributed by atoms with Crippen LogP contribution in [0.15, 0.2) is 48.5 Å². The molecule has 0 aromatic heterocycles. The van der Waals surface area contributed by atoms with Crippen molar-refractivity contribution >= 4 is 18.3 Å². The van der Waals surface area contributed by atoms with E-state index in [1.165, 1.54) is 7.11 Å². The second kappa shape index (κ2) is 9.73. The van der Waals surface area contributed by atoms with Crippen molar-refractivity contribution in [3.63, 3.8) is 0 Å². The van der Waals surface area contributed by atoms with Gasteiger partial charge in [-0.15, -0.1) is 0 Å². The van der Waals surface area contributed by atoms with Crippen molar-refractivity contribution in [2.45, 2.75) is 38.8 Å². The Morgan fingerprint density at radius 1 is 1.00 bits per heavy atom. The summed E-state index contributed by atoms with van der Waals surface area (Å²) in [7, 11) is 1.26. The van der Waals surface area contributed by atoms with Gasteiger partial charge in [0.05, 0.1) is 7.11 Å². The van der Waals surface area contributed by atoms with Crippen LogP contribution >= 0.6 is 0 Å². The third-order valence-electron chi connectivity index (χ3n) is 3.79. The van der Waals surface area contributed by atoms with Gasteiger partial charge in [0, 0.05) is 12.0 Å². The van der Waals surface area contributed by atoms with E-state index in [9.17, 15) is 14.4 Å². The molecule has 0 aliphatic heterocycles. The number of hydrogen-bond acceptors (Lipinski definition) is 6. The van der Waals surface area contributed by atoms with Crippen molar-refractivity contribution in [1.29, 1.82) is 0 Å². The summed E-state index contributed by atoms with van der Waals surface area (Å²) in [6, 6.07) is 13.0. The number of carbonyl (C=O) groups is 3. The Bertz CT molecular complexity index is 837. The van der Waals surface area contributed by atoms with E-state index < -0.39 is 23.7 Å². The fraction of sp³-hybridized carbons (Fsp3) is 0.318. The molecule has 0 saturated heterocycles. The molecule has 0 aliphatic rings. The second-order valence-electron chi connectivity index (χ2n) is 7.36. The van der Waals surface area contributed by atoms with Crippen molar-refractivity contribution in [3.05, 3.63) is 59.7 Å². The molecule has 1 N–H and O–H groups in total. The largest absolute Gasteiger partial charge is 0.467 e. The Balaban J connectivity index is 2.02. The molecule has 1 unspecified atom stereocenters. The molecule has 0 heterocycles. The Kier molecular flexibility index (Phi) is 7.36. The van der Waals surface area contributed by atoms with E-state index in [-0.39, 0.29) is 6.42 Å². The molecule has 0 aliphatic carbocycles. The average molecular weight is 399 g/mol. The fourth-order valence-corrected chi connectivity index (χ4v) is 2.47. The van der Waals surface area contributed by atoms with Gasteiger partial charge in [0.1, 0.15) is 29.4 Å². The highest BCUT2D eigenvalue weighted by Crippen LogP contribution is 2.22. The van der Waals surface area contributed by atoms with E-state index in [0.29, 0.717) is 17.1 Å². The number of aldehydes is 1. The van der Waals surface area contributed by atoms with Crippen LogP contribution in [-0.4, -0.2) is 37.1 Å². The molecule has 154 valence electrons. The van der Waals surface area contributed by atoms with Gasteiger partial charge < -0.3 is 19.5 Å². The van der Waals surface area contributed by atoms with Crippen molar-refractivity contribution in [2.75, 3.05) is 7.11 Å². The maximum atomic E-state index is 12.0. The van der Waals surface area contributed by atoms with Crippen LogP contribution < -0.4 is 10.1 Å². The zero-order valence-electron chi connectivity index (χ0n) is 16.9. The highest BCUT2D eigenvalue weighted by molar-refractivity contribution is 5.81. The number of esters is 1. The molecule has 0 saturated carbocycles. The Hall–Kier alpha value is -3.35. The number of rotatable bonds is 7. The lowest BCUT2D eigenvalue weighted by molar-refractivity contribution is -0.143. The predicted molar refractivity (Wildman–Crippen MR) is 107 cm³/mol. The van der Waals surface area contributed by atoms with Crippen molar-refractivity contribution < 1.29 is 28.6 Å². The summed E-state index contributed by atoms with van der Waals surface area (Å²) < 4.78 is 15.7. The molecular formula is C22H25NO6. The molecule has 0 fully saturated rings. The first-order valence-corrected chi connectivity index (χ1v) is 9.09. The minimum atomic E-state index is -0.877. The van der Waals surface area contributed by atoms with Gasteiger partial charge >= 0.3 is 12.1 Å². The molecule has 2 rings (SSSR count). The van der Waals surface area contributed by atoms with Gasteiger partial charge in [-0.3, -0.25) is 4.79 Å². The van der Waals surface area contributed by atoms with Crippen LogP contribution in [0, 0.1) is 0 Å². The number of amides is 1. The van der Waals surface area contributed by atoms with Crippen LogP contribution in [0.5, 0.6) is 11.5 Å². The number of methoxy groups -OCH3 is 1. The van der Waals surface area contributed by atoms with Crippen LogP contribution in [0.25, 0.3) is 0 Å². The molecule has 2 aromatic carbocycles. The molecule has 2 aromatic rings. The summed E-state index contributed by atoms with van der Waals surface area (Å²) in [6.45, 7) is 5.22. The zero-order chi connectivity index (χ0) is 21.4. The van der Waals surface area contributed by atoms with E-state index >= 15 is 0 Å². The number of benzene rings is 2. The summed E-state index contributed by atoms with van der Waals surface area (Å²) >= 11 is 0. The molecular weight excluding hydrogens is 374 g/mol. The van der Waals surface area contributed by atoms with Crippen LogP contribution in [-0.2, 0) is 20.7 Å². The van der Waals surface area contributed by atoms with Crippen molar-refractivity contribution in [3.8, 4) is 11.5 Å². The van der Waals surface area contributed by atoms with Crippen molar-refractivity contribution in [2.24, 2.45) is 0 Å². The summed E-state index contributed by atoms with van der Waals surface area (Å²) in [5, 5.41) is 2.54. The van der Waals surface area contributed by atoms with E-state index in [2.05, 4.69) is 5.32 Å². The maximum absolute atomic E-state index is 12.0. The van der Waals surface area contributed by atoms with E-state index in [1.807, 2.05) is 0 Å². The molecule has 0 radical (unpaired) electrons. The Morgan fingerprint density at radius 2 is 1.55 bits per heavy atom. The molecule has 1 amide bonds. The first-order chi connectivity index (χ1) is 13.7. The van der Waals surface area contributed by atoms with Crippen LogP contribution in [0.2, 0.25) is 0 Å². The SMILES string of the molecule is COC(=O)C(Cc1ccc(Oc2ccc(C=O)cc2)cc1)NC(=O)OC(C)(C)C. The van der Waals surface area contributed by atoms with Gasteiger partial charge in [-0.1, -0.05) is 12.1 Å². The Labute approximate surface area is 170 Å². The summed E-state index contributed by atoms with van der Waals surface area (Å²) in [4.78, 5) is 34.7.